The van der Waals surface area contributed by atoms with E-state index in [1.54, 1.807) is 6.92 Å². The predicted octanol–water partition coefficient (Wildman–Crippen LogP) is 6.53. The molecule has 0 aliphatic heterocycles. The van der Waals surface area contributed by atoms with E-state index in [1.807, 2.05) is 13.8 Å². The zero-order chi connectivity index (χ0) is 20.9. The molecule has 0 aromatic heterocycles. The van der Waals surface area contributed by atoms with Crippen LogP contribution < -0.4 is 5.73 Å². The summed E-state index contributed by atoms with van der Waals surface area (Å²) in [6.45, 7) is 19.5. The molecular formula is C24H51NO2. The second-order valence-electron chi connectivity index (χ2n) is 9.59. The molecule has 2 N–H and O–H groups in total. The van der Waals surface area contributed by atoms with Crippen LogP contribution in [0.15, 0.2) is 0 Å². The summed E-state index contributed by atoms with van der Waals surface area (Å²) < 4.78 is 0. The van der Waals surface area contributed by atoms with Crippen molar-refractivity contribution < 1.29 is 9.59 Å². The average Bonchev–Trinajstić information content (AvgIpc) is 2.44. The molecule has 0 aromatic carbocycles. The molecule has 0 spiro atoms. The lowest BCUT2D eigenvalue weighted by atomic mass is 9.86. The standard InChI is InChI=1S/C12H24O.C11H23NO.CH4/c1-9(2)6-12(7-10(3)4)8-11(5)13;1-8(2)5-10(7-12)6-11(13)9(3)4;/h9-10,12H,6-8H2,1-5H3;8-10H,5-7,12H2,1-4H3;1H4/t;10-;/m.0./s1. The molecule has 0 fully saturated rings. The number of carbonyl (C=O) groups excluding carboxylic acids is 2. The van der Waals surface area contributed by atoms with Gasteiger partial charge in [0.05, 0.1) is 0 Å². The lowest BCUT2D eigenvalue weighted by Gasteiger charge is -2.19. The van der Waals surface area contributed by atoms with Crippen LogP contribution in [0.25, 0.3) is 0 Å². The van der Waals surface area contributed by atoms with Gasteiger partial charge in [-0.25, -0.2) is 0 Å². The summed E-state index contributed by atoms with van der Waals surface area (Å²) in [5.74, 6) is 3.88. The molecular weight excluding hydrogens is 334 g/mol. The molecule has 1 atom stereocenters. The van der Waals surface area contributed by atoms with Crippen molar-refractivity contribution in [3.63, 3.8) is 0 Å². The van der Waals surface area contributed by atoms with Crippen molar-refractivity contribution in [2.45, 2.75) is 102 Å². The van der Waals surface area contributed by atoms with Crippen molar-refractivity contribution in [3.8, 4) is 0 Å². The zero-order valence-corrected chi connectivity index (χ0v) is 19.1. The van der Waals surface area contributed by atoms with Gasteiger partial charge in [-0.15, -0.1) is 0 Å². The van der Waals surface area contributed by atoms with Crippen LogP contribution in [0, 0.1) is 35.5 Å². The van der Waals surface area contributed by atoms with Crippen LogP contribution in [0.1, 0.15) is 102 Å². The summed E-state index contributed by atoms with van der Waals surface area (Å²) in [7, 11) is 0. The number of hydrogen-bond donors (Lipinski definition) is 1. The molecule has 0 amide bonds. The largest absolute Gasteiger partial charge is 0.330 e. The fourth-order valence-electron chi connectivity index (χ4n) is 3.45. The molecule has 3 nitrogen and oxygen atoms in total. The normalized spacial score (nSPS) is 12.3. The van der Waals surface area contributed by atoms with Crippen LogP contribution in [0.2, 0.25) is 0 Å². The van der Waals surface area contributed by atoms with Crippen LogP contribution in [-0.4, -0.2) is 18.1 Å². The molecule has 0 aliphatic rings. The minimum absolute atomic E-state index is 0. The van der Waals surface area contributed by atoms with Gasteiger partial charge in [0.15, 0.2) is 0 Å². The highest BCUT2D eigenvalue weighted by atomic mass is 16.1. The van der Waals surface area contributed by atoms with Crippen molar-refractivity contribution in [2.75, 3.05) is 6.54 Å². The first-order chi connectivity index (χ1) is 11.9. The molecule has 0 saturated carbocycles. The van der Waals surface area contributed by atoms with Crippen molar-refractivity contribution in [1.29, 1.82) is 0 Å². The molecule has 0 radical (unpaired) electrons. The van der Waals surface area contributed by atoms with E-state index in [0.717, 1.165) is 12.8 Å². The van der Waals surface area contributed by atoms with Crippen LogP contribution >= 0.6 is 0 Å². The van der Waals surface area contributed by atoms with Crippen molar-refractivity contribution in [2.24, 2.45) is 41.2 Å². The highest BCUT2D eigenvalue weighted by Gasteiger charge is 2.16. The third-order valence-corrected chi connectivity index (χ3v) is 4.46. The third kappa shape index (κ3) is 21.5. The second-order valence-corrected chi connectivity index (χ2v) is 9.59. The van der Waals surface area contributed by atoms with Gasteiger partial charge in [0.1, 0.15) is 11.6 Å². The molecule has 0 heterocycles. The minimum Gasteiger partial charge on any atom is -0.330 e. The zero-order valence-electron chi connectivity index (χ0n) is 19.1. The lowest BCUT2D eigenvalue weighted by molar-refractivity contribution is -0.123. The Hall–Kier alpha value is -0.700. The van der Waals surface area contributed by atoms with E-state index in [4.69, 9.17) is 5.73 Å². The number of nitrogens with two attached hydrogens (primary N) is 1. The molecule has 0 saturated heterocycles. The van der Waals surface area contributed by atoms with Crippen LogP contribution in [0.4, 0.5) is 0 Å². The van der Waals surface area contributed by atoms with E-state index in [1.165, 1.54) is 12.8 Å². The Morgan fingerprint density at radius 2 is 1.07 bits per heavy atom. The summed E-state index contributed by atoms with van der Waals surface area (Å²) >= 11 is 0. The highest BCUT2D eigenvalue weighted by Crippen LogP contribution is 2.23. The van der Waals surface area contributed by atoms with E-state index in [9.17, 15) is 9.59 Å². The van der Waals surface area contributed by atoms with Gasteiger partial charge < -0.3 is 10.5 Å². The first-order valence-electron chi connectivity index (χ1n) is 10.6. The number of ketones is 2. The van der Waals surface area contributed by atoms with E-state index in [-0.39, 0.29) is 13.3 Å². The molecule has 0 rings (SSSR count). The maximum atomic E-state index is 11.4. The van der Waals surface area contributed by atoms with Crippen LogP contribution in [-0.2, 0) is 9.59 Å². The van der Waals surface area contributed by atoms with E-state index < -0.39 is 0 Å². The Morgan fingerprint density at radius 3 is 1.33 bits per heavy atom. The molecule has 164 valence electrons. The fourth-order valence-corrected chi connectivity index (χ4v) is 3.45. The molecule has 0 aromatic rings. The molecule has 3 heteroatoms. The van der Waals surface area contributed by atoms with Gasteiger partial charge >= 0.3 is 0 Å². The van der Waals surface area contributed by atoms with E-state index >= 15 is 0 Å². The number of Topliss-reactive ketones (excluding diaryl/α,β-unsaturated/α-hetero) is 2. The van der Waals surface area contributed by atoms with Crippen molar-refractivity contribution >= 4 is 11.6 Å². The van der Waals surface area contributed by atoms with E-state index in [0.29, 0.717) is 54.1 Å². The van der Waals surface area contributed by atoms with E-state index in [2.05, 4.69) is 41.5 Å². The van der Waals surface area contributed by atoms with Crippen molar-refractivity contribution in [1.82, 2.24) is 0 Å². The Bertz CT molecular complexity index is 363. The highest BCUT2D eigenvalue weighted by molar-refractivity contribution is 5.80. The van der Waals surface area contributed by atoms with Gasteiger partial charge in [0.2, 0.25) is 0 Å². The molecule has 0 unspecified atom stereocenters. The smallest absolute Gasteiger partial charge is 0.135 e. The number of carbonyl (C=O) groups is 2. The Labute approximate surface area is 171 Å². The average molecular weight is 386 g/mol. The Morgan fingerprint density at radius 1 is 0.704 bits per heavy atom. The maximum Gasteiger partial charge on any atom is 0.135 e. The summed E-state index contributed by atoms with van der Waals surface area (Å²) in [5, 5.41) is 0. The van der Waals surface area contributed by atoms with Gasteiger partial charge in [0.25, 0.3) is 0 Å². The Balaban J connectivity index is -0.000000411. The lowest BCUT2D eigenvalue weighted by Crippen LogP contribution is -2.22. The maximum absolute atomic E-state index is 11.4. The van der Waals surface area contributed by atoms with Gasteiger partial charge in [-0.3, -0.25) is 4.79 Å². The summed E-state index contributed by atoms with van der Waals surface area (Å²) in [4.78, 5) is 22.5. The second kappa shape index (κ2) is 17.4. The molecule has 0 bridgehead atoms. The van der Waals surface area contributed by atoms with Gasteiger partial charge in [-0.05, 0) is 62.3 Å². The topological polar surface area (TPSA) is 60.2 Å². The Kier molecular flexibility index (Phi) is 20.0. The molecule has 27 heavy (non-hydrogen) atoms. The van der Waals surface area contributed by atoms with Gasteiger partial charge in [-0.2, -0.15) is 0 Å². The fraction of sp³-hybridized carbons (Fsp3) is 0.917. The van der Waals surface area contributed by atoms with Crippen LogP contribution in [0.3, 0.4) is 0 Å². The van der Waals surface area contributed by atoms with Gasteiger partial charge in [-0.1, -0.05) is 62.8 Å². The number of rotatable bonds is 12. The quantitative estimate of drug-likeness (QED) is 0.415. The third-order valence-electron chi connectivity index (χ3n) is 4.46. The van der Waals surface area contributed by atoms with Gasteiger partial charge in [0, 0.05) is 18.8 Å². The first-order valence-corrected chi connectivity index (χ1v) is 10.6. The monoisotopic (exact) mass is 385 g/mol. The van der Waals surface area contributed by atoms with Crippen molar-refractivity contribution in [3.05, 3.63) is 0 Å². The number of hydrogen-bond acceptors (Lipinski definition) is 3. The molecule has 0 aliphatic carbocycles. The summed E-state index contributed by atoms with van der Waals surface area (Å²) in [5.41, 5.74) is 5.62. The van der Waals surface area contributed by atoms with Crippen LogP contribution in [0.5, 0.6) is 0 Å². The summed E-state index contributed by atoms with van der Waals surface area (Å²) in [6.07, 6.45) is 4.88. The first kappa shape index (κ1) is 31.0. The predicted molar refractivity (Wildman–Crippen MR) is 121 cm³/mol. The summed E-state index contributed by atoms with van der Waals surface area (Å²) in [6, 6.07) is 0. The minimum atomic E-state index is 0. The SMILES string of the molecule is C.CC(=O)CC(CC(C)C)CC(C)C.CC(C)C[C@H](CN)CC(=O)C(C)C.